The quantitative estimate of drug-likeness (QED) is 0.447. The summed E-state index contributed by atoms with van der Waals surface area (Å²) in [6.07, 6.45) is 0. The zero-order valence-corrected chi connectivity index (χ0v) is 18.5. The number of sulfonamides is 1. The van der Waals surface area contributed by atoms with Gasteiger partial charge in [-0.3, -0.25) is 0 Å². The lowest BCUT2D eigenvalue weighted by atomic mass is 9.91. The van der Waals surface area contributed by atoms with Gasteiger partial charge in [-0.1, -0.05) is 65.7 Å². The fraction of sp³-hybridized carbons (Fsp3) is 0.0909. The van der Waals surface area contributed by atoms with Gasteiger partial charge in [-0.15, -0.1) is 4.40 Å². The van der Waals surface area contributed by atoms with E-state index in [1.54, 1.807) is 12.1 Å². The van der Waals surface area contributed by atoms with Gasteiger partial charge in [0.1, 0.15) is 0 Å². The summed E-state index contributed by atoms with van der Waals surface area (Å²) in [7, 11) is -4.01. The third-order valence-electron chi connectivity index (χ3n) is 4.85. The molecule has 1 atom stereocenters. The van der Waals surface area contributed by atoms with Gasteiger partial charge in [0.25, 0.3) is 10.0 Å². The Hall–Kier alpha value is -2.87. The molecule has 9 heteroatoms. The van der Waals surface area contributed by atoms with Crippen LogP contribution in [0.2, 0.25) is 10.0 Å². The molecule has 3 aromatic rings. The maximum absolute atomic E-state index is 12.7. The van der Waals surface area contributed by atoms with E-state index in [1.165, 1.54) is 29.3 Å². The predicted octanol–water partition coefficient (Wildman–Crippen LogP) is 4.50. The molecule has 0 radical (unpaired) electrons. The van der Waals surface area contributed by atoms with Crippen molar-refractivity contribution in [1.82, 2.24) is 5.01 Å². The second kappa shape index (κ2) is 8.70. The molecular formula is C22H18Cl2N4O2S. The standard InChI is InChI=1S/C22H18Cl2N4O2S/c23-17-8-6-16(7-9-17)21-20(15-4-2-1-3-5-15)14-28(26-21)22(25)27-31(29,30)19-12-10-18(24)11-13-19/h1-13,20H,14H2,(H2,25,27)/t20-/m1/s1. The average molecular weight is 473 g/mol. The molecule has 0 aliphatic carbocycles. The van der Waals surface area contributed by atoms with Gasteiger partial charge in [-0.2, -0.15) is 13.5 Å². The van der Waals surface area contributed by atoms with E-state index < -0.39 is 10.0 Å². The minimum absolute atomic E-state index is 0.000519. The summed E-state index contributed by atoms with van der Waals surface area (Å²) in [5.74, 6) is -0.325. The van der Waals surface area contributed by atoms with Crippen LogP contribution in [0.3, 0.4) is 0 Å². The van der Waals surface area contributed by atoms with Gasteiger partial charge < -0.3 is 5.73 Å². The minimum Gasteiger partial charge on any atom is -0.367 e. The van der Waals surface area contributed by atoms with Crippen LogP contribution >= 0.6 is 23.2 Å². The van der Waals surface area contributed by atoms with Gasteiger partial charge in [0, 0.05) is 16.0 Å². The van der Waals surface area contributed by atoms with E-state index in [9.17, 15) is 8.42 Å². The monoisotopic (exact) mass is 472 g/mol. The highest BCUT2D eigenvalue weighted by Gasteiger charge is 2.31. The summed E-state index contributed by atoms with van der Waals surface area (Å²) >= 11 is 11.9. The molecule has 158 valence electrons. The Kier molecular flexibility index (Phi) is 6.00. The Balaban J connectivity index is 1.70. The molecule has 1 aliphatic heterocycles. The van der Waals surface area contributed by atoms with E-state index in [0.717, 1.165) is 16.8 Å². The first-order valence-corrected chi connectivity index (χ1v) is 11.6. The van der Waals surface area contributed by atoms with Crippen molar-refractivity contribution in [2.75, 3.05) is 6.54 Å². The van der Waals surface area contributed by atoms with E-state index in [0.29, 0.717) is 16.6 Å². The van der Waals surface area contributed by atoms with E-state index in [4.69, 9.17) is 28.9 Å². The van der Waals surface area contributed by atoms with E-state index >= 15 is 0 Å². The van der Waals surface area contributed by atoms with Crippen molar-refractivity contribution in [3.05, 3.63) is 100 Å². The van der Waals surface area contributed by atoms with E-state index in [2.05, 4.69) is 9.50 Å². The number of nitrogens with zero attached hydrogens (tertiary/aromatic N) is 3. The summed E-state index contributed by atoms with van der Waals surface area (Å²) < 4.78 is 29.1. The number of guanidine groups is 1. The van der Waals surface area contributed by atoms with Gasteiger partial charge >= 0.3 is 0 Å². The van der Waals surface area contributed by atoms with Crippen molar-refractivity contribution in [2.24, 2.45) is 15.2 Å². The number of hydrazone groups is 1. The van der Waals surface area contributed by atoms with Crippen molar-refractivity contribution in [1.29, 1.82) is 0 Å². The summed E-state index contributed by atoms with van der Waals surface area (Å²) in [6.45, 7) is 0.355. The van der Waals surface area contributed by atoms with Crippen LogP contribution in [0.5, 0.6) is 0 Å². The molecule has 4 rings (SSSR count). The van der Waals surface area contributed by atoms with Crippen LogP contribution in [-0.4, -0.2) is 31.6 Å². The molecule has 0 fully saturated rings. The maximum Gasteiger partial charge on any atom is 0.285 e. The topological polar surface area (TPSA) is 88.1 Å². The van der Waals surface area contributed by atoms with Crippen LogP contribution in [0.1, 0.15) is 17.0 Å². The van der Waals surface area contributed by atoms with Gasteiger partial charge in [0.15, 0.2) is 0 Å². The highest BCUT2D eigenvalue weighted by molar-refractivity contribution is 7.90. The number of nitrogens with two attached hydrogens (primary N) is 1. The van der Waals surface area contributed by atoms with Gasteiger partial charge in [-0.25, -0.2) is 5.01 Å². The second-order valence-electron chi connectivity index (χ2n) is 6.92. The van der Waals surface area contributed by atoms with Crippen molar-refractivity contribution in [3.63, 3.8) is 0 Å². The molecule has 2 N–H and O–H groups in total. The normalized spacial score (nSPS) is 17.0. The first kappa shape index (κ1) is 21.4. The lowest BCUT2D eigenvalue weighted by Crippen LogP contribution is -2.33. The summed E-state index contributed by atoms with van der Waals surface area (Å²) in [6, 6.07) is 22.9. The fourth-order valence-corrected chi connectivity index (χ4v) is 4.48. The highest BCUT2D eigenvalue weighted by Crippen LogP contribution is 2.29. The number of halogens is 2. The van der Waals surface area contributed by atoms with Crippen LogP contribution < -0.4 is 5.73 Å². The van der Waals surface area contributed by atoms with Crippen LogP contribution in [-0.2, 0) is 10.0 Å². The smallest absolute Gasteiger partial charge is 0.285 e. The molecule has 0 bridgehead atoms. The SMILES string of the molecule is NC(=NS(=O)(=O)c1ccc(Cl)cc1)N1C[C@H](c2ccccc2)C(c2ccc(Cl)cc2)=N1. The van der Waals surface area contributed by atoms with Gasteiger partial charge in [0.2, 0.25) is 5.96 Å². The third kappa shape index (κ3) is 4.74. The average Bonchev–Trinajstić information content (AvgIpc) is 3.21. The summed E-state index contributed by atoms with van der Waals surface area (Å²) in [4.78, 5) is 0.000519. The van der Waals surface area contributed by atoms with Crippen LogP contribution in [0.15, 0.2) is 93.3 Å². The Bertz CT molecular complexity index is 1240. The summed E-state index contributed by atoms with van der Waals surface area (Å²) in [5.41, 5.74) is 8.74. The predicted molar refractivity (Wildman–Crippen MR) is 124 cm³/mol. The molecule has 6 nitrogen and oxygen atoms in total. The Morgan fingerprint density at radius 2 is 1.52 bits per heavy atom. The maximum atomic E-state index is 12.7. The first-order valence-electron chi connectivity index (χ1n) is 9.36. The van der Waals surface area contributed by atoms with Crippen molar-refractivity contribution in [2.45, 2.75) is 10.8 Å². The second-order valence-corrected chi connectivity index (χ2v) is 9.39. The van der Waals surface area contributed by atoms with Crippen molar-refractivity contribution in [3.8, 4) is 0 Å². The Morgan fingerprint density at radius 1 is 0.935 bits per heavy atom. The van der Waals surface area contributed by atoms with E-state index in [1.807, 2.05) is 42.5 Å². The molecular weight excluding hydrogens is 455 g/mol. The Morgan fingerprint density at radius 3 is 2.13 bits per heavy atom. The lowest BCUT2D eigenvalue weighted by molar-refractivity contribution is 0.470. The molecule has 31 heavy (non-hydrogen) atoms. The van der Waals surface area contributed by atoms with Gasteiger partial charge in [-0.05, 0) is 47.5 Å². The van der Waals surface area contributed by atoms with Crippen LogP contribution in [0, 0.1) is 0 Å². The molecule has 1 aliphatic rings. The lowest BCUT2D eigenvalue weighted by Gasteiger charge is -2.15. The zero-order valence-electron chi connectivity index (χ0n) is 16.2. The third-order valence-corrected chi connectivity index (χ3v) is 6.64. The fourth-order valence-electron chi connectivity index (χ4n) is 3.30. The Labute approximate surface area is 190 Å². The van der Waals surface area contributed by atoms with E-state index in [-0.39, 0.29) is 16.8 Å². The minimum atomic E-state index is -4.01. The largest absolute Gasteiger partial charge is 0.367 e. The van der Waals surface area contributed by atoms with Crippen molar-refractivity contribution >= 4 is 44.9 Å². The molecule has 0 unspecified atom stereocenters. The number of rotatable bonds is 4. The van der Waals surface area contributed by atoms with Crippen LogP contribution in [0.4, 0.5) is 0 Å². The number of benzene rings is 3. The molecule has 0 saturated heterocycles. The first-order chi connectivity index (χ1) is 14.8. The molecule has 0 saturated carbocycles. The van der Waals surface area contributed by atoms with Crippen LogP contribution in [0.25, 0.3) is 0 Å². The number of hydrogen-bond acceptors (Lipinski definition) is 3. The molecule has 1 heterocycles. The number of hydrogen-bond donors (Lipinski definition) is 1. The summed E-state index contributed by atoms with van der Waals surface area (Å²) in [5, 5.41) is 7.06. The molecule has 0 aromatic heterocycles. The highest BCUT2D eigenvalue weighted by atomic mass is 35.5. The zero-order chi connectivity index (χ0) is 22.0. The molecule has 0 spiro atoms. The molecule has 3 aromatic carbocycles. The van der Waals surface area contributed by atoms with Gasteiger partial charge in [0.05, 0.1) is 17.2 Å². The van der Waals surface area contributed by atoms with Crippen molar-refractivity contribution < 1.29 is 8.42 Å². The molecule has 0 amide bonds.